The van der Waals surface area contributed by atoms with Gasteiger partial charge in [0.1, 0.15) is 5.78 Å². The summed E-state index contributed by atoms with van der Waals surface area (Å²) in [5.74, 6) is 1.46. The van der Waals surface area contributed by atoms with Gasteiger partial charge in [-0.3, -0.25) is 4.79 Å². The van der Waals surface area contributed by atoms with E-state index in [0.717, 1.165) is 25.7 Å². The first kappa shape index (κ1) is 8.98. The molecule has 0 saturated heterocycles. The highest BCUT2D eigenvalue weighted by Gasteiger charge is 2.42. The molecule has 0 bridgehead atoms. The Balaban J connectivity index is 2.26. The van der Waals surface area contributed by atoms with Gasteiger partial charge in [-0.25, -0.2) is 0 Å². The van der Waals surface area contributed by atoms with Crippen LogP contribution in [0.4, 0.5) is 0 Å². The molecule has 0 N–H and O–H groups in total. The van der Waals surface area contributed by atoms with Crippen LogP contribution >= 0.6 is 0 Å². The number of ketones is 1. The molecule has 0 aromatic carbocycles. The van der Waals surface area contributed by atoms with Crippen LogP contribution in [0.2, 0.25) is 0 Å². The minimum Gasteiger partial charge on any atom is -0.299 e. The minimum atomic E-state index is 0.341. The van der Waals surface area contributed by atoms with Crippen LogP contribution in [-0.4, -0.2) is 5.78 Å². The van der Waals surface area contributed by atoms with Crippen molar-refractivity contribution in [2.45, 2.75) is 39.5 Å². The van der Waals surface area contributed by atoms with Crippen LogP contribution in [0.15, 0.2) is 12.2 Å². The van der Waals surface area contributed by atoms with Crippen LogP contribution < -0.4 is 0 Å². The molecule has 13 heavy (non-hydrogen) atoms. The van der Waals surface area contributed by atoms with Crippen molar-refractivity contribution in [2.24, 2.45) is 17.3 Å². The molecule has 0 aromatic rings. The van der Waals surface area contributed by atoms with E-state index in [1.165, 1.54) is 0 Å². The summed E-state index contributed by atoms with van der Waals surface area (Å²) >= 11 is 0. The van der Waals surface area contributed by atoms with E-state index in [-0.39, 0.29) is 0 Å². The SMILES string of the molecule is CC1(C)CCC(=O)[C@H]2CC=CC[C@@H]21. The van der Waals surface area contributed by atoms with E-state index in [1.807, 2.05) is 0 Å². The van der Waals surface area contributed by atoms with Crippen molar-refractivity contribution < 1.29 is 4.79 Å². The van der Waals surface area contributed by atoms with E-state index < -0.39 is 0 Å². The van der Waals surface area contributed by atoms with Crippen molar-refractivity contribution in [2.75, 3.05) is 0 Å². The molecule has 0 heterocycles. The molecule has 0 aliphatic heterocycles. The molecule has 2 aliphatic rings. The Bertz CT molecular complexity index is 250. The van der Waals surface area contributed by atoms with Crippen LogP contribution in [0.5, 0.6) is 0 Å². The zero-order valence-corrected chi connectivity index (χ0v) is 8.55. The third-order valence-corrected chi connectivity index (χ3v) is 3.87. The van der Waals surface area contributed by atoms with Gasteiger partial charge in [-0.15, -0.1) is 0 Å². The lowest BCUT2D eigenvalue weighted by atomic mass is 9.60. The van der Waals surface area contributed by atoms with Crippen molar-refractivity contribution in [3.63, 3.8) is 0 Å². The van der Waals surface area contributed by atoms with Crippen molar-refractivity contribution in [3.8, 4) is 0 Å². The average Bonchev–Trinajstić information content (AvgIpc) is 2.13. The summed E-state index contributed by atoms with van der Waals surface area (Å²) in [5.41, 5.74) is 0.378. The molecule has 2 rings (SSSR count). The lowest BCUT2D eigenvalue weighted by molar-refractivity contribution is -0.131. The maximum absolute atomic E-state index is 11.7. The number of carbonyl (C=O) groups excluding carboxylic acids is 1. The quantitative estimate of drug-likeness (QED) is 0.521. The van der Waals surface area contributed by atoms with Gasteiger partial charge in [-0.05, 0) is 30.6 Å². The van der Waals surface area contributed by atoms with Gasteiger partial charge < -0.3 is 0 Å². The highest BCUT2D eigenvalue weighted by atomic mass is 16.1. The molecule has 2 aliphatic carbocycles. The molecule has 0 aromatic heterocycles. The van der Waals surface area contributed by atoms with Crippen molar-refractivity contribution in [1.82, 2.24) is 0 Å². The summed E-state index contributed by atoms with van der Waals surface area (Å²) in [5, 5.41) is 0. The monoisotopic (exact) mass is 178 g/mol. The second kappa shape index (κ2) is 2.97. The Hall–Kier alpha value is -0.590. The lowest BCUT2D eigenvalue weighted by Gasteiger charge is -2.44. The van der Waals surface area contributed by atoms with Gasteiger partial charge in [-0.1, -0.05) is 26.0 Å². The molecule has 1 fully saturated rings. The van der Waals surface area contributed by atoms with E-state index in [1.54, 1.807) is 0 Å². The van der Waals surface area contributed by atoms with Crippen LogP contribution in [0.1, 0.15) is 39.5 Å². The molecule has 0 unspecified atom stereocenters. The summed E-state index contributed by atoms with van der Waals surface area (Å²) < 4.78 is 0. The lowest BCUT2D eigenvalue weighted by Crippen LogP contribution is -2.40. The Morgan fingerprint density at radius 1 is 1.31 bits per heavy atom. The molecule has 1 heteroatoms. The summed E-state index contributed by atoms with van der Waals surface area (Å²) in [6.07, 6.45) is 8.43. The van der Waals surface area contributed by atoms with E-state index in [9.17, 15) is 4.79 Å². The highest BCUT2D eigenvalue weighted by Crippen LogP contribution is 2.47. The third-order valence-electron chi connectivity index (χ3n) is 3.87. The molecule has 0 amide bonds. The zero-order chi connectivity index (χ0) is 9.47. The van der Waals surface area contributed by atoms with Crippen LogP contribution in [0.25, 0.3) is 0 Å². The molecule has 0 radical (unpaired) electrons. The maximum atomic E-state index is 11.7. The number of Topliss-reactive ketones (excluding diaryl/α,β-unsaturated/α-hetero) is 1. The molecule has 2 atom stereocenters. The molecule has 0 spiro atoms. The number of hydrogen-bond acceptors (Lipinski definition) is 1. The van der Waals surface area contributed by atoms with Gasteiger partial charge in [0.2, 0.25) is 0 Å². The molecule has 1 saturated carbocycles. The first-order valence-corrected chi connectivity index (χ1v) is 5.29. The van der Waals surface area contributed by atoms with Crippen molar-refractivity contribution in [1.29, 1.82) is 0 Å². The normalized spacial score (nSPS) is 37.2. The first-order valence-electron chi connectivity index (χ1n) is 5.29. The zero-order valence-electron chi connectivity index (χ0n) is 8.55. The van der Waals surface area contributed by atoms with Gasteiger partial charge in [0.15, 0.2) is 0 Å². The molecular formula is C12H18O. The molecular weight excluding hydrogens is 160 g/mol. The molecule has 72 valence electrons. The van der Waals surface area contributed by atoms with Gasteiger partial charge in [0.05, 0.1) is 0 Å². The number of rotatable bonds is 0. The fraction of sp³-hybridized carbons (Fsp3) is 0.750. The van der Waals surface area contributed by atoms with Crippen molar-refractivity contribution >= 4 is 5.78 Å². The highest BCUT2D eigenvalue weighted by molar-refractivity contribution is 5.82. The van der Waals surface area contributed by atoms with Gasteiger partial charge >= 0.3 is 0 Å². The summed E-state index contributed by atoms with van der Waals surface area (Å²) in [7, 11) is 0. The summed E-state index contributed by atoms with van der Waals surface area (Å²) in [6, 6.07) is 0. The standard InChI is InChI=1S/C12H18O/c1-12(2)8-7-11(13)9-5-3-4-6-10(9)12/h3-4,9-10H,5-8H2,1-2H3/t9-,10-/m0/s1. The van der Waals surface area contributed by atoms with E-state index in [4.69, 9.17) is 0 Å². The maximum Gasteiger partial charge on any atom is 0.136 e. The smallest absolute Gasteiger partial charge is 0.136 e. The number of hydrogen-bond donors (Lipinski definition) is 0. The average molecular weight is 178 g/mol. The van der Waals surface area contributed by atoms with Crippen LogP contribution in [0, 0.1) is 17.3 Å². The topological polar surface area (TPSA) is 17.1 Å². The Kier molecular flexibility index (Phi) is 2.05. The summed E-state index contributed by atoms with van der Waals surface area (Å²) in [4.78, 5) is 11.7. The van der Waals surface area contributed by atoms with Crippen LogP contribution in [-0.2, 0) is 4.79 Å². The summed E-state index contributed by atoms with van der Waals surface area (Å²) in [6.45, 7) is 4.63. The largest absolute Gasteiger partial charge is 0.299 e. The predicted octanol–water partition coefficient (Wildman–Crippen LogP) is 2.96. The number of carbonyl (C=O) groups is 1. The Morgan fingerprint density at radius 2 is 2.00 bits per heavy atom. The fourth-order valence-corrected chi connectivity index (χ4v) is 2.85. The molecule has 1 nitrogen and oxygen atoms in total. The number of fused-ring (bicyclic) bond motifs is 1. The van der Waals surface area contributed by atoms with Crippen LogP contribution in [0.3, 0.4) is 0 Å². The second-order valence-corrected chi connectivity index (χ2v) is 5.11. The van der Waals surface area contributed by atoms with Crippen molar-refractivity contribution in [3.05, 3.63) is 12.2 Å². The first-order chi connectivity index (χ1) is 6.11. The van der Waals surface area contributed by atoms with E-state index >= 15 is 0 Å². The van der Waals surface area contributed by atoms with Gasteiger partial charge in [-0.2, -0.15) is 0 Å². The minimum absolute atomic E-state index is 0.341. The van der Waals surface area contributed by atoms with E-state index in [0.29, 0.717) is 23.0 Å². The van der Waals surface area contributed by atoms with Gasteiger partial charge in [0.25, 0.3) is 0 Å². The Labute approximate surface area is 80.2 Å². The van der Waals surface area contributed by atoms with Gasteiger partial charge in [0, 0.05) is 12.3 Å². The van der Waals surface area contributed by atoms with E-state index in [2.05, 4.69) is 26.0 Å². The third kappa shape index (κ3) is 1.45. The predicted molar refractivity (Wildman–Crippen MR) is 53.4 cm³/mol. The second-order valence-electron chi connectivity index (χ2n) is 5.11. The number of allylic oxidation sites excluding steroid dienone is 2. The fourth-order valence-electron chi connectivity index (χ4n) is 2.85. The Morgan fingerprint density at radius 3 is 2.69 bits per heavy atom.